The molecule has 0 saturated heterocycles. The van der Waals surface area contributed by atoms with E-state index in [1.54, 1.807) is 0 Å². The Morgan fingerprint density at radius 1 is 1.47 bits per heavy atom. The van der Waals surface area contributed by atoms with E-state index in [1.807, 2.05) is 24.3 Å². The average Bonchev–Trinajstić information content (AvgIpc) is 2.13. The van der Waals surface area contributed by atoms with Crippen molar-refractivity contribution < 1.29 is 13.5 Å². The lowest BCUT2D eigenvalue weighted by Gasteiger charge is -2.13. The van der Waals surface area contributed by atoms with Gasteiger partial charge in [0.1, 0.15) is 9.84 Å². The van der Waals surface area contributed by atoms with E-state index >= 15 is 0 Å². The third-order valence-electron chi connectivity index (χ3n) is 2.04. The quantitative estimate of drug-likeness (QED) is 0.917. The van der Waals surface area contributed by atoms with Crippen molar-refractivity contribution in [1.82, 2.24) is 0 Å². The topological polar surface area (TPSA) is 54.4 Å². The number of benzene rings is 1. The Bertz CT molecular complexity index is 428. The lowest BCUT2D eigenvalue weighted by Crippen LogP contribution is -2.16. The predicted octanol–water partition coefficient (Wildman–Crippen LogP) is 1.57. The largest absolute Gasteiger partial charge is 0.396 e. The Morgan fingerprint density at radius 2 is 2.13 bits per heavy atom. The van der Waals surface area contributed by atoms with Crippen LogP contribution in [0.2, 0.25) is 0 Å². The second-order valence-electron chi connectivity index (χ2n) is 3.53. The molecule has 1 aromatic rings. The molecule has 3 nitrogen and oxygen atoms in total. The first-order chi connectivity index (χ1) is 6.92. The Labute approximate surface area is 98.2 Å². The maximum Gasteiger partial charge on any atom is 0.148 e. The maximum absolute atomic E-state index is 11.1. The van der Waals surface area contributed by atoms with Crippen LogP contribution in [0.25, 0.3) is 0 Å². The van der Waals surface area contributed by atoms with Crippen LogP contribution < -0.4 is 0 Å². The third-order valence-corrected chi connectivity index (χ3v) is 3.55. The molecular weight excluding hydrogens is 280 g/mol. The van der Waals surface area contributed by atoms with E-state index in [0.717, 1.165) is 10.0 Å². The van der Waals surface area contributed by atoms with Gasteiger partial charge in [-0.25, -0.2) is 8.42 Å². The van der Waals surface area contributed by atoms with Gasteiger partial charge in [-0.05, 0) is 17.7 Å². The minimum atomic E-state index is -3.07. The molecule has 15 heavy (non-hydrogen) atoms. The van der Waals surface area contributed by atoms with Gasteiger partial charge in [0, 0.05) is 16.6 Å². The normalized spacial score (nSPS) is 13.8. The van der Waals surface area contributed by atoms with Crippen LogP contribution in [0.4, 0.5) is 0 Å². The molecule has 1 atom stereocenters. The van der Waals surface area contributed by atoms with Gasteiger partial charge in [0.2, 0.25) is 0 Å². The molecule has 84 valence electrons. The smallest absolute Gasteiger partial charge is 0.148 e. The monoisotopic (exact) mass is 292 g/mol. The van der Waals surface area contributed by atoms with Crippen molar-refractivity contribution in [3.63, 3.8) is 0 Å². The van der Waals surface area contributed by atoms with Gasteiger partial charge in [-0.2, -0.15) is 0 Å². The number of hydrogen-bond acceptors (Lipinski definition) is 3. The molecule has 1 rings (SSSR count). The maximum atomic E-state index is 11.1. The van der Waals surface area contributed by atoms with E-state index in [4.69, 9.17) is 5.11 Å². The van der Waals surface area contributed by atoms with E-state index in [0.29, 0.717) is 0 Å². The zero-order valence-corrected chi connectivity index (χ0v) is 10.8. The highest BCUT2D eigenvalue weighted by Crippen LogP contribution is 2.21. The SMILES string of the molecule is CS(=O)(=O)CC(CO)c1cccc(Br)c1. The Morgan fingerprint density at radius 3 is 2.60 bits per heavy atom. The Hall–Kier alpha value is -0.390. The van der Waals surface area contributed by atoms with Crippen molar-refractivity contribution in [3.8, 4) is 0 Å². The van der Waals surface area contributed by atoms with Crippen LogP contribution in [0.1, 0.15) is 11.5 Å². The van der Waals surface area contributed by atoms with E-state index in [2.05, 4.69) is 15.9 Å². The summed E-state index contributed by atoms with van der Waals surface area (Å²) < 4.78 is 23.2. The van der Waals surface area contributed by atoms with E-state index in [1.165, 1.54) is 6.26 Å². The van der Waals surface area contributed by atoms with Crippen LogP contribution in [-0.2, 0) is 9.84 Å². The van der Waals surface area contributed by atoms with Crippen LogP contribution in [0.3, 0.4) is 0 Å². The summed E-state index contributed by atoms with van der Waals surface area (Å²) in [6.07, 6.45) is 1.17. The molecule has 0 bridgehead atoms. The number of aliphatic hydroxyl groups is 1. The number of hydrogen-bond donors (Lipinski definition) is 1. The zero-order valence-electron chi connectivity index (χ0n) is 8.35. The highest BCUT2D eigenvalue weighted by molar-refractivity contribution is 9.10. The van der Waals surface area contributed by atoms with Crippen molar-refractivity contribution in [2.24, 2.45) is 0 Å². The molecule has 0 amide bonds. The Balaban J connectivity index is 2.93. The van der Waals surface area contributed by atoms with Gasteiger partial charge >= 0.3 is 0 Å². The molecule has 0 aromatic heterocycles. The highest BCUT2D eigenvalue weighted by atomic mass is 79.9. The molecule has 0 radical (unpaired) electrons. The first-order valence-corrected chi connectivity index (χ1v) is 7.32. The Kier molecular flexibility index (Phi) is 4.31. The molecular formula is C10H13BrO3S. The lowest BCUT2D eigenvalue weighted by molar-refractivity contribution is 0.273. The summed E-state index contributed by atoms with van der Waals surface area (Å²) in [6, 6.07) is 7.33. The van der Waals surface area contributed by atoms with Crippen LogP contribution in [-0.4, -0.2) is 32.1 Å². The number of rotatable bonds is 4. The van der Waals surface area contributed by atoms with Gasteiger partial charge in [0.15, 0.2) is 0 Å². The summed E-state index contributed by atoms with van der Waals surface area (Å²) in [5.74, 6) is -0.377. The molecule has 0 spiro atoms. The fourth-order valence-electron chi connectivity index (χ4n) is 1.38. The van der Waals surface area contributed by atoms with Crippen molar-refractivity contribution in [2.75, 3.05) is 18.6 Å². The molecule has 0 heterocycles. The molecule has 1 aromatic carbocycles. The second-order valence-corrected chi connectivity index (χ2v) is 6.63. The van der Waals surface area contributed by atoms with Gasteiger partial charge in [0.05, 0.1) is 12.4 Å². The molecule has 5 heteroatoms. The number of sulfone groups is 1. The fourth-order valence-corrected chi connectivity index (χ4v) is 2.83. The first-order valence-electron chi connectivity index (χ1n) is 4.46. The fraction of sp³-hybridized carbons (Fsp3) is 0.400. The van der Waals surface area contributed by atoms with Crippen molar-refractivity contribution in [1.29, 1.82) is 0 Å². The zero-order chi connectivity index (χ0) is 11.5. The van der Waals surface area contributed by atoms with Crippen LogP contribution in [0.5, 0.6) is 0 Å². The van der Waals surface area contributed by atoms with Gasteiger partial charge in [-0.15, -0.1) is 0 Å². The van der Waals surface area contributed by atoms with Gasteiger partial charge in [0.25, 0.3) is 0 Å². The summed E-state index contributed by atoms with van der Waals surface area (Å²) >= 11 is 3.31. The highest BCUT2D eigenvalue weighted by Gasteiger charge is 2.16. The summed E-state index contributed by atoms with van der Waals surface area (Å²) in [5.41, 5.74) is 0.831. The summed E-state index contributed by atoms with van der Waals surface area (Å²) in [4.78, 5) is 0. The van der Waals surface area contributed by atoms with Crippen molar-refractivity contribution >= 4 is 25.8 Å². The lowest BCUT2D eigenvalue weighted by atomic mass is 10.0. The molecule has 0 aliphatic heterocycles. The summed E-state index contributed by atoms with van der Waals surface area (Å²) in [7, 11) is -3.07. The number of aliphatic hydroxyl groups excluding tert-OH is 1. The number of halogens is 1. The average molecular weight is 293 g/mol. The van der Waals surface area contributed by atoms with Gasteiger partial charge in [-0.1, -0.05) is 28.1 Å². The molecule has 0 aliphatic carbocycles. The minimum Gasteiger partial charge on any atom is -0.396 e. The molecule has 0 fully saturated rings. The molecule has 0 saturated carbocycles. The van der Waals surface area contributed by atoms with Crippen molar-refractivity contribution in [2.45, 2.75) is 5.92 Å². The second kappa shape index (κ2) is 5.09. The standard InChI is InChI=1S/C10H13BrO3S/c1-15(13,14)7-9(6-12)8-3-2-4-10(11)5-8/h2-5,9,12H,6-7H2,1H3. The molecule has 1 N–H and O–H groups in total. The first kappa shape index (κ1) is 12.7. The van der Waals surface area contributed by atoms with Crippen molar-refractivity contribution in [3.05, 3.63) is 34.3 Å². The van der Waals surface area contributed by atoms with Gasteiger partial charge in [-0.3, -0.25) is 0 Å². The molecule has 0 aliphatic rings. The predicted molar refractivity (Wildman–Crippen MR) is 63.7 cm³/mol. The summed E-state index contributed by atoms with van der Waals surface area (Å²) in [5, 5.41) is 9.15. The van der Waals surface area contributed by atoms with E-state index in [-0.39, 0.29) is 18.3 Å². The van der Waals surface area contributed by atoms with Crippen LogP contribution in [0, 0.1) is 0 Å². The van der Waals surface area contributed by atoms with Gasteiger partial charge < -0.3 is 5.11 Å². The minimum absolute atomic E-state index is 0.0278. The summed E-state index contributed by atoms with van der Waals surface area (Å²) in [6.45, 7) is -0.163. The van der Waals surface area contributed by atoms with Crippen LogP contribution >= 0.6 is 15.9 Å². The van der Waals surface area contributed by atoms with Crippen LogP contribution in [0.15, 0.2) is 28.7 Å². The molecule has 1 unspecified atom stereocenters. The third kappa shape index (κ3) is 4.32. The van der Waals surface area contributed by atoms with E-state index in [9.17, 15) is 8.42 Å². The van der Waals surface area contributed by atoms with E-state index < -0.39 is 9.84 Å².